The summed E-state index contributed by atoms with van der Waals surface area (Å²) in [5.74, 6) is -0.00997. The number of benzene rings is 1. The van der Waals surface area contributed by atoms with Gasteiger partial charge in [-0.15, -0.1) is 0 Å². The van der Waals surface area contributed by atoms with E-state index in [1.165, 1.54) is 17.7 Å². The Hall–Kier alpha value is -1.77. The molecular weight excluding hydrogens is 406 g/mol. The minimum absolute atomic E-state index is 0. The number of hydrogen-bond donors (Lipinski definition) is 2. The molecule has 1 amide bonds. The van der Waals surface area contributed by atoms with Gasteiger partial charge in [-0.3, -0.25) is 4.79 Å². The van der Waals surface area contributed by atoms with E-state index in [9.17, 15) is 13.2 Å². The number of carbonyl (C=O) groups excluding carboxylic acids is 1. The summed E-state index contributed by atoms with van der Waals surface area (Å²) < 4.78 is 24.3. The predicted molar refractivity (Wildman–Crippen MR) is 90.5 cm³/mol. The minimum Gasteiger partial charge on any atom is -1.00 e. The van der Waals surface area contributed by atoms with Crippen molar-refractivity contribution in [3.05, 3.63) is 59.9 Å². The van der Waals surface area contributed by atoms with Crippen molar-refractivity contribution < 1.29 is 34.8 Å². The van der Waals surface area contributed by atoms with Crippen LogP contribution in [0.15, 0.2) is 53.7 Å². The van der Waals surface area contributed by atoms with Crippen molar-refractivity contribution in [1.82, 2.24) is 5.32 Å². The first-order chi connectivity index (χ1) is 11.3. The fourth-order valence-electron chi connectivity index (χ4n) is 2.19. The van der Waals surface area contributed by atoms with Gasteiger partial charge in [-0.25, -0.2) is 18.1 Å². The van der Waals surface area contributed by atoms with E-state index in [2.05, 4.69) is 5.32 Å². The van der Waals surface area contributed by atoms with Gasteiger partial charge in [-0.2, -0.15) is 0 Å². The third-order valence-corrected chi connectivity index (χ3v) is 4.57. The number of nitrogens with one attached hydrogen (secondary N) is 1. The Morgan fingerprint density at radius 3 is 2.28 bits per heavy atom. The molecule has 0 saturated carbocycles. The number of halogens is 1. The number of carbonyl (C=O) groups is 1. The van der Waals surface area contributed by atoms with Crippen LogP contribution in [0.3, 0.4) is 0 Å². The van der Waals surface area contributed by atoms with Crippen LogP contribution >= 0.6 is 0 Å². The van der Waals surface area contributed by atoms with Crippen LogP contribution in [0, 0.1) is 6.92 Å². The fraction of sp³-hybridized carbons (Fsp3) is 0.294. The van der Waals surface area contributed by atoms with Crippen molar-refractivity contribution in [2.24, 2.45) is 5.14 Å². The van der Waals surface area contributed by atoms with Crippen molar-refractivity contribution in [3.8, 4) is 0 Å². The number of aromatic nitrogens is 1. The summed E-state index contributed by atoms with van der Waals surface area (Å²) in [6, 6.07) is 10.4. The zero-order valence-electron chi connectivity index (χ0n) is 14.0. The zero-order valence-corrected chi connectivity index (χ0v) is 16.4. The number of amides is 1. The molecule has 0 atom stereocenters. The summed E-state index contributed by atoms with van der Waals surface area (Å²) >= 11 is 0. The zero-order chi connectivity index (χ0) is 17.6. The predicted octanol–water partition coefficient (Wildman–Crippen LogP) is -2.32. The maximum Gasteiger partial charge on any atom is 0.238 e. The molecule has 0 saturated heterocycles. The molecule has 25 heavy (non-hydrogen) atoms. The third kappa shape index (κ3) is 7.33. The normalized spacial score (nSPS) is 10.8. The molecule has 0 aliphatic carbocycles. The first kappa shape index (κ1) is 21.3. The van der Waals surface area contributed by atoms with E-state index in [0.717, 1.165) is 5.56 Å². The van der Waals surface area contributed by atoms with E-state index in [1.54, 1.807) is 12.1 Å². The van der Waals surface area contributed by atoms with E-state index >= 15 is 0 Å². The first-order valence-electron chi connectivity index (χ1n) is 7.69. The molecule has 136 valence electrons. The van der Waals surface area contributed by atoms with Gasteiger partial charge >= 0.3 is 0 Å². The summed E-state index contributed by atoms with van der Waals surface area (Å²) in [4.78, 5) is 11.9. The molecule has 0 unspecified atom stereocenters. The highest BCUT2D eigenvalue weighted by molar-refractivity contribution is 7.89. The summed E-state index contributed by atoms with van der Waals surface area (Å²) in [5.41, 5.74) is 2.12. The number of hydrogen-bond acceptors (Lipinski definition) is 3. The number of pyridine rings is 1. The highest BCUT2D eigenvalue weighted by atomic mass is 79.9. The molecule has 2 aromatic rings. The molecular formula is C17H22BrN3O3S. The summed E-state index contributed by atoms with van der Waals surface area (Å²) in [6.07, 6.45) is 4.96. The molecule has 0 radical (unpaired) electrons. The second-order valence-electron chi connectivity index (χ2n) is 5.65. The topological polar surface area (TPSA) is 93.1 Å². The van der Waals surface area contributed by atoms with Gasteiger partial charge in [-0.05, 0) is 36.6 Å². The van der Waals surface area contributed by atoms with Gasteiger partial charge < -0.3 is 22.3 Å². The Labute approximate surface area is 158 Å². The molecule has 0 aliphatic heterocycles. The number of nitrogens with two attached hydrogens (primary N) is 1. The summed E-state index contributed by atoms with van der Waals surface area (Å²) in [5, 5.41) is 7.91. The lowest BCUT2D eigenvalue weighted by Gasteiger charge is -2.05. The highest BCUT2D eigenvalue weighted by Crippen LogP contribution is 2.08. The summed E-state index contributed by atoms with van der Waals surface area (Å²) in [6.45, 7) is 3.16. The van der Waals surface area contributed by atoms with Gasteiger partial charge in [0.25, 0.3) is 0 Å². The van der Waals surface area contributed by atoms with Crippen LogP contribution in [0.25, 0.3) is 0 Å². The van der Waals surface area contributed by atoms with Gasteiger partial charge in [0.15, 0.2) is 18.9 Å². The van der Waals surface area contributed by atoms with E-state index < -0.39 is 10.0 Å². The third-order valence-electron chi connectivity index (χ3n) is 3.64. The van der Waals surface area contributed by atoms with Crippen molar-refractivity contribution in [1.29, 1.82) is 0 Å². The van der Waals surface area contributed by atoms with Crippen molar-refractivity contribution in [2.75, 3.05) is 6.54 Å². The Morgan fingerprint density at radius 2 is 1.72 bits per heavy atom. The maximum atomic E-state index is 11.8. The van der Waals surface area contributed by atoms with Crippen LogP contribution in [0.5, 0.6) is 0 Å². The molecule has 1 aromatic heterocycles. The quantitative estimate of drug-likeness (QED) is 0.485. The molecule has 2 rings (SSSR count). The van der Waals surface area contributed by atoms with E-state index in [4.69, 9.17) is 5.14 Å². The number of primary sulfonamides is 1. The molecule has 6 nitrogen and oxygen atoms in total. The molecule has 0 spiro atoms. The van der Waals surface area contributed by atoms with Crippen molar-refractivity contribution in [3.63, 3.8) is 0 Å². The van der Waals surface area contributed by atoms with Crippen LogP contribution in [0.4, 0.5) is 0 Å². The molecule has 0 bridgehead atoms. The van der Waals surface area contributed by atoms with E-state index in [0.29, 0.717) is 25.9 Å². The first-order valence-corrected chi connectivity index (χ1v) is 9.23. The smallest absolute Gasteiger partial charge is 0.238 e. The van der Waals surface area contributed by atoms with Crippen LogP contribution in [-0.4, -0.2) is 20.9 Å². The molecule has 0 aliphatic rings. The second kappa shape index (κ2) is 9.65. The summed E-state index contributed by atoms with van der Waals surface area (Å²) in [7, 11) is -3.66. The Bertz CT molecular complexity index is 791. The number of nitrogens with zero attached hydrogens (tertiary/aromatic N) is 1. The molecule has 1 aromatic carbocycles. The van der Waals surface area contributed by atoms with Gasteiger partial charge in [0.2, 0.25) is 15.9 Å². The van der Waals surface area contributed by atoms with Crippen molar-refractivity contribution in [2.45, 2.75) is 31.2 Å². The van der Waals surface area contributed by atoms with E-state index in [-0.39, 0.29) is 27.8 Å². The second-order valence-corrected chi connectivity index (χ2v) is 7.21. The maximum absolute atomic E-state index is 11.8. The number of aryl methyl sites for hydroxylation is 2. The van der Waals surface area contributed by atoms with Crippen LogP contribution in [0.2, 0.25) is 0 Å². The molecule has 3 N–H and O–H groups in total. The van der Waals surface area contributed by atoms with Crippen molar-refractivity contribution >= 4 is 15.9 Å². The Kier molecular flexibility index (Phi) is 8.21. The molecule has 0 fully saturated rings. The number of rotatable bonds is 7. The lowest BCUT2D eigenvalue weighted by atomic mass is 10.1. The fourth-order valence-corrected chi connectivity index (χ4v) is 2.71. The van der Waals surface area contributed by atoms with Gasteiger partial charge in [0.1, 0.15) is 0 Å². The average molecular weight is 428 g/mol. The van der Waals surface area contributed by atoms with Gasteiger partial charge in [-0.1, -0.05) is 12.1 Å². The largest absolute Gasteiger partial charge is 1.00 e. The lowest BCUT2D eigenvalue weighted by Crippen LogP contribution is -3.00. The van der Waals surface area contributed by atoms with E-state index in [1.807, 2.05) is 36.0 Å². The number of sulfonamides is 1. The molecule has 1 heterocycles. The van der Waals surface area contributed by atoms with Crippen LogP contribution in [-0.2, 0) is 27.8 Å². The average Bonchev–Trinajstić information content (AvgIpc) is 2.54. The Morgan fingerprint density at radius 1 is 1.12 bits per heavy atom. The molecule has 8 heteroatoms. The van der Waals surface area contributed by atoms with Crippen LogP contribution < -0.4 is 32.0 Å². The van der Waals surface area contributed by atoms with Gasteiger partial charge in [0, 0.05) is 18.7 Å². The monoisotopic (exact) mass is 427 g/mol. The van der Waals surface area contributed by atoms with Crippen LogP contribution in [0.1, 0.15) is 17.5 Å². The van der Waals surface area contributed by atoms with Gasteiger partial charge in [0.05, 0.1) is 11.3 Å². The SMILES string of the molecule is Cc1cc[n+](CCC(=O)NCCc2ccc(S(N)(=O)=O)cc2)cc1.[Br-]. The standard InChI is InChI=1S/C17H21N3O3S.BrH/c1-14-7-11-20(12-8-14)13-9-17(21)19-10-6-15-2-4-16(5-3-15)24(18,22)23;/h2-5,7-8,11-12H,6,9-10,13H2,1H3,(H2-,18,19,21,22,23);1H. The lowest BCUT2D eigenvalue weighted by molar-refractivity contribution is -0.695. The highest BCUT2D eigenvalue weighted by Gasteiger charge is 2.08. The Balaban J connectivity index is 0.00000312. The minimum atomic E-state index is -3.66.